The van der Waals surface area contributed by atoms with Crippen LogP contribution in [-0.4, -0.2) is 23.9 Å². The normalized spacial score (nSPS) is 22.3. The Bertz CT molecular complexity index is 609. The van der Waals surface area contributed by atoms with E-state index in [-0.39, 0.29) is 27.9 Å². The van der Waals surface area contributed by atoms with Gasteiger partial charge < -0.3 is 10.6 Å². The van der Waals surface area contributed by atoms with Crippen molar-refractivity contribution in [1.82, 2.24) is 10.6 Å². The largest absolute Gasteiger partial charge is 0.352 e. The molecule has 118 valence electrons. The minimum atomic E-state index is -0.383. The Kier molecular flexibility index (Phi) is 3.87. The highest BCUT2D eigenvalue weighted by Gasteiger charge is 2.57. The summed E-state index contributed by atoms with van der Waals surface area (Å²) in [5.41, 5.74) is 1.75. The number of carbonyl (C=O) groups excluding carboxylic acids is 1. The Morgan fingerprint density at radius 1 is 1.45 bits per heavy atom. The third kappa shape index (κ3) is 2.70. The van der Waals surface area contributed by atoms with Gasteiger partial charge in [0.15, 0.2) is 0 Å². The van der Waals surface area contributed by atoms with Gasteiger partial charge in [0, 0.05) is 24.1 Å². The first-order valence-corrected chi connectivity index (χ1v) is 7.75. The lowest BCUT2D eigenvalue weighted by atomic mass is 9.92. The summed E-state index contributed by atoms with van der Waals surface area (Å²) in [6.45, 7) is 4.07. The second-order valence-corrected chi connectivity index (χ2v) is 6.41. The van der Waals surface area contributed by atoms with E-state index in [9.17, 15) is 14.9 Å². The molecule has 1 saturated carbocycles. The molecular formula is C16H21N3O3. The smallest absolute Gasteiger partial charge is 0.272 e. The number of carbonyl (C=O) groups is 1. The van der Waals surface area contributed by atoms with Gasteiger partial charge in [-0.3, -0.25) is 14.9 Å². The lowest BCUT2D eigenvalue weighted by molar-refractivity contribution is -0.385. The Morgan fingerprint density at radius 2 is 2.18 bits per heavy atom. The Hall–Kier alpha value is -1.95. The van der Waals surface area contributed by atoms with Gasteiger partial charge in [-0.25, -0.2) is 0 Å². The van der Waals surface area contributed by atoms with Gasteiger partial charge in [-0.05, 0) is 50.3 Å². The summed E-state index contributed by atoms with van der Waals surface area (Å²) in [6.07, 6.45) is 3.12. The number of nitro benzene ring substituents is 1. The summed E-state index contributed by atoms with van der Waals surface area (Å²) in [4.78, 5) is 22.9. The first kappa shape index (κ1) is 15.0. The van der Waals surface area contributed by atoms with E-state index in [1.54, 1.807) is 13.0 Å². The van der Waals surface area contributed by atoms with Crippen LogP contribution in [0, 0.1) is 28.4 Å². The highest BCUT2D eigenvalue weighted by molar-refractivity contribution is 5.82. The van der Waals surface area contributed by atoms with Crippen molar-refractivity contribution in [3.8, 4) is 0 Å². The summed E-state index contributed by atoms with van der Waals surface area (Å²) < 4.78 is 0. The fraction of sp³-hybridized carbons (Fsp3) is 0.562. The van der Waals surface area contributed by atoms with E-state index >= 15 is 0 Å². The lowest BCUT2D eigenvalue weighted by Crippen LogP contribution is -2.33. The molecule has 1 spiro atoms. The van der Waals surface area contributed by atoms with Crippen LogP contribution in [0.25, 0.3) is 0 Å². The summed E-state index contributed by atoms with van der Waals surface area (Å²) in [7, 11) is 0. The number of nitrogens with zero attached hydrogens (tertiary/aromatic N) is 1. The molecule has 1 unspecified atom stereocenters. The van der Waals surface area contributed by atoms with E-state index in [0.717, 1.165) is 37.9 Å². The molecule has 22 heavy (non-hydrogen) atoms. The first-order chi connectivity index (χ1) is 10.5. The van der Waals surface area contributed by atoms with Gasteiger partial charge in [0.05, 0.1) is 4.92 Å². The van der Waals surface area contributed by atoms with E-state index in [0.29, 0.717) is 12.1 Å². The molecule has 1 aliphatic heterocycles. The van der Waals surface area contributed by atoms with Crippen molar-refractivity contribution in [3.05, 3.63) is 39.4 Å². The van der Waals surface area contributed by atoms with Crippen molar-refractivity contribution in [2.75, 3.05) is 13.1 Å². The molecule has 0 bridgehead atoms. The number of nitro groups is 1. The molecule has 1 aromatic carbocycles. The van der Waals surface area contributed by atoms with Crippen molar-refractivity contribution in [3.63, 3.8) is 0 Å². The van der Waals surface area contributed by atoms with Crippen molar-refractivity contribution in [2.45, 2.75) is 32.7 Å². The van der Waals surface area contributed by atoms with Crippen LogP contribution in [-0.2, 0) is 11.3 Å². The first-order valence-electron chi connectivity index (χ1n) is 7.75. The van der Waals surface area contributed by atoms with E-state index in [1.807, 2.05) is 6.07 Å². The SMILES string of the molecule is Cc1c(CNC(=O)C2CC23CCNCC3)cccc1[N+](=O)[O-]. The zero-order chi connectivity index (χ0) is 15.7. The molecule has 1 saturated heterocycles. The number of hydrogen-bond donors (Lipinski definition) is 2. The van der Waals surface area contributed by atoms with Crippen LogP contribution < -0.4 is 10.6 Å². The Morgan fingerprint density at radius 3 is 2.86 bits per heavy atom. The molecule has 6 heteroatoms. The maximum Gasteiger partial charge on any atom is 0.272 e. The maximum atomic E-state index is 12.3. The van der Waals surface area contributed by atoms with E-state index in [2.05, 4.69) is 10.6 Å². The summed E-state index contributed by atoms with van der Waals surface area (Å²) in [5.74, 6) is 0.210. The van der Waals surface area contributed by atoms with Crippen LogP contribution in [0.4, 0.5) is 5.69 Å². The molecule has 2 fully saturated rings. The summed E-state index contributed by atoms with van der Waals surface area (Å²) in [6, 6.07) is 4.99. The molecule has 1 atom stereocenters. The molecule has 0 radical (unpaired) electrons. The number of benzene rings is 1. The van der Waals surface area contributed by atoms with Crippen LogP contribution in [0.15, 0.2) is 18.2 Å². The minimum Gasteiger partial charge on any atom is -0.352 e. The van der Waals surface area contributed by atoms with Crippen LogP contribution in [0.2, 0.25) is 0 Å². The predicted molar refractivity (Wildman–Crippen MR) is 82.3 cm³/mol. The van der Waals surface area contributed by atoms with Gasteiger partial charge in [-0.2, -0.15) is 0 Å². The molecule has 1 heterocycles. The molecule has 1 aliphatic carbocycles. The zero-order valence-corrected chi connectivity index (χ0v) is 12.7. The number of rotatable bonds is 4. The van der Waals surface area contributed by atoms with E-state index in [4.69, 9.17) is 0 Å². The summed E-state index contributed by atoms with van der Waals surface area (Å²) >= 11 is 0. The predicted octanol–water partition coefficient (Wildman–Crippen LogP) is 1.91. The number of hydrogen-bond acceptors (Lipinski definition) is 4. The van der Waals surface area contributed by atoms with Gasteiger partial charge >= 0.3 is 0 Å². The molecule has 3 rings (SSSR count). The maximum absolute atomic E-state index is 12.3. The molecule has 0 aromatic heterocycles. The third-order valence-electron chi connectivity index (χ3n) is 5.17. The molecule has 2 N–H and O–H groups in total. The lowest BCUT2D eigenvalue weighted by Gasteiger charge is -2.23. The van der Waals surface area contributed by atoms with Crippen LogP contribution in [0.3, 0.4) is 0 Å². The molecule has 1 amide bonds. The van der Waals surface area contributed by atoms with Crippen molar-refractivity contribution >= 4 is 11.6 Å². The van der Waals surface area contributed by atoms with Crippen molar-refractivity contribution < 1.29 is 9.72 Å². The number of piperidine rings is 1. The Labute approximate surface area is 129 Å². The van der Waals surface area contributed by atoms with E-state index in [1.165, 1.54) is 6.07 Å². The van der Waals surface area contributed by atoms with E-state index < -0.39 is 0 Å². The quantitative estimate of drug-likeness (QED) is 0.657. The summed E-state index contributed by atoms with van der Waals surface area (Å²) in [5, 5.41) is 17.2. The number of nitrogens with one attached hydrogen (secondary N) is 2. The zero-order valence-electron chi connectivity index (χ0n) is 12.7. The minimum absolute atomic E-state index is 0.0906. The second kappa shape index (κ2) is 5.68. The van der Waals surface area contributed by atoms with Gasteiger partial charge in [-0.1, -0.05) is 12.1 Å². The molecule has 1 aromatic rings. The second-order valence-electron chi connectivity index (χ2n) is 6.41. The third-order valence-corrected chi connectivity index (χ3v) is 5.17. The van der Waals surface area contributed by atoms with Gasteiger partial charge in [0.25, 0.3) is 5.69 Å². The van der Waals surface area contributed by atoms with Crippen molar-refractivity contribution in [1.29, 1.82) is 0 Å². The monoisotopic (exact) mass is 303 g/mol. The average Bonchev–Trinajstić information content (AvgIpc) is 3.19. The average molecular weight is 303 g/mol. The highest BCUT2D eigenvalue weighted by Crippen LogP contribution is 2.58. The highest BCUT2D eigenvalue weighted by atomic mass is 16.6. The molecular weight excluding hydrogens is 282 g/mol. The Balaban J connectivity index is 1.60. The molecule has 6 nitrogen and oxygen atoms in total. The van der Waals surface area contributed by atoms with Gasteiger partial charge in [0.1, 0.15) is 0 Å². The fourth-order valence-electron chi connectivity index (χ4n) is 3.56. The van der Waals surface area contributed by atoms with Crippen LogP contribution in [0.5, 0.6) is 0 Å². The van der Waals surface area contributed by atoms with Crippen molar-refractivity contribution in [2.24, 2.45) is 11.3 Å². The topological polar surface area (TPSA) is 84.3 Å². The van der Waals surface area contributed by atoms with Crippen LogP contribution in [0.1, 0.15) is 30.4 Å². The van der Waals surface area contributed by atoms with Crippen LogP contribution >= 0.6 is 0 Å². The van der Waals surface area contributed by atoms with Gasteiger partial charge in [-0.15, -0.1) is 0 Å². The fourth-order valence-corrected chi connectivity index (χ4v) is 3.56. The standard InChI is InChI=1S/C16H21N3O3/c1-11-12(3-2-4-14(11)19(21)22)10-18-15(20)13-9-16(13)5-7-17-8-6-16/h2-4,13,17H,5-10H2,1H3,(H,18,20). The molecule has 2 aliphatic rings. The number of amides is 1. The van der Waals surface area contributed by atoms with Gasteiger partial charge in [0.2, 0.25) is 5.91 Å².